The number of rotatable bonds is 9. The van der Waals surface area contributed by atoms with Crippen LogP contribution in [0.2, 0.25) is 5.02 Å². The van der Waals surface area contributed by atoms with Crippen LogP contribution in [0.5, 0.6) is 0 Å². The minimum Gasteiger partial charge on any atom is -0.354 e. The van der Waals surface area contributed by atoms with Crippen molar-refractivity contribution in [1.82, 2.24) is 10.2 Å². The quantitative estimate of drug-likeness (QED) is 0.456. The fraction of sp³-hybridized carbons (Fsp3) is 0.321. The van der Waals surface area contributed by atoms with Gasteiger partial charge in [0.05, 0.1) is 5.69 Å². The highest BCUT2D eigenvalue weighted by Gasteiger charge is 2.35. The molecule has 1 aliphatic rings. The number of hydrogen-bond acceptors (Lipinski definition) is 3. The van der Waals surface area contributed by atoms with Crippen LogP contribution >= 0.6 is 11.6 Å². The van der Waals surface area contributed by atoms with E-state index in [2.05, 4.69) is 5.32 Å². The summed E-state index contributed by atoms with van der Waals surface area (Å²) in [6.45, 7) is 6.45. The van der Waals surface area contributed by atoms with Gasteiger partial charge in [-0.3, -0.25) is 19.3 Å². The minimum absolute atomic E-state index is 0.162. The first kappa shape index (κ1) is 24.7. The molecule has 0 fully saturated rings. The van der Waals surface area contributed by atoms with Gasteiger partial charge >= 0.3 is 0 Å². The maximum absolute atomic E-state index is 13.8. The second-order valence-electron chi connectivity index (χ2n) is 9.25. The number of halogens is 1. The van der Waals surface area contributed by atoms with Crippen LogP contribution in [0.3, 0.4) is 0 Å². The summed E-state index contributed by atoms with van der Waals surface area (Å²) in [7, 11) is 0. The van der Waals surface area contributed by atoms with Gasteiger partial charge in [-0.2, -0.15) is 0 Å². The highest BCUT2D eigenvalue weighted by molar-refractivity contribution is 6.31. The summed E-state index contributed by atoms with van der Waals surface area (Å²) < 4.78 is 0. The van der Waals surface area contributed by atoms with Crippen molar-refractivity contribution in [1.29, 1.82) is 0 Å². The van der Waals surface area contributed by atoms with E-state index in [0.29, 0.717) is 29.2 Å². The number of nitrogens with zero attached hydrogens (tertiary/aromatic N) is 2. The Labute approximate surface area is 210 Å². The lowest BCUT2D eigenvalue weighted by molar-refractivity contribution is -0.140. The second kappa shape index (κ2) is 10.5. The molecule has 3 aromatic carbocycles. The molecule has 0 saturated heterocycles. The summed E-state index contributed by atoms with van der Waals surface area (Å²) >= 11 is 6.41. The molecule has 1 heterocycles. The van der Waals surface area contributed by atoms with E-state index < -0.39 is 6.04 Å². The van der Waals surface area contributed by atoms with Crippen molar-refractivity contribution in [3.63, 3.8) is 0 Å². The smallest absolute Gasteiger partial charge is 0.259 e. The molecular formula is C28H30ClN3O3. The maximum Gasteiger partial charge on any atom is 0.259 e. The monoisotopic (exact) mass is 491 g/mol. The first-order chi connectivity index (χ1) is 16.8. The van der Waals surface area contributed by atoms with E-state index in [1.54, 1.807) is 17.0 Å². The summed E-state index contributed by atoms with van der Waals surface area (Å²) in [6.07, 6.45) is 0.434. The number of hydrogen-bond donors (Lipinski definition) is 1. The Bertz CT molecular complexity index is 1270. The molecule has 0 radical (unpaired) electrons. The Kier molecular flexibility index (Phi) is 7.41. The average Bonchev–Trinajstić information content (AvgIpc) is 3.11. The van der Waals surface area contributed by atoms with E-state index in [9.17, 15) is 14.4 Å². The van der Waals surface area contributed by atoms with Crippen LogP contribution in [-0.4, -0.2) is 41.8 Å². The molecule has 0 saturated carbocycles. The van der Waals surface area contributed by atoms with Crippen molar-refractivity contribution in [2.45, 2.75) is 39.8 Å². The van der Waals surface area contributed by atoms with Gasteiger partial charge in [-0.1, -0.05) is 74.8 Å². The van der Waals surface area contributed by atoms with E-state index in [1.807, 2.05) is 69.3 Å². The highest BCUT2D eigenvalue weighted by Crippen LogP contribution is 2.37. The van der Waals surface area contributed by atoms with Crippen LogP contribution in [0.4, 0.5) is 5.69 Å². The summed E-state index contributed by atoms with van der Waals surface area (Å²) in [5.41, 5.74) is 2.05. The zero-order valence-electron chi connectivity index (χ0n) is 20.3. The highest BCUT2D eigenvalue weighted by atomic mass is 35.5. The van der Waals surface area contributed by atoms with Crippen LogP contribution in [0, 0.1) is 5.92 Å². The van der Waals surface area contributed by atoms with E-state index in [-0.39, 0.29) is 36.7 Å². The zero-order chi connectivity index (χ0) is 25.1. The summed E-state index contributed by atoms with van der Waals surface area (Å²) in [4.78, 5) is 43.2. The third-order valence-electron chi connectivity index (χ3n) is 6.31. The largest absolute Gasteiger partial charge is 0.354 e. The van der Waals surface area contributed by atoms with Gasteiger partial charge in [0.2, 0.25) is 11.8 Å². The number of amides is 3. The molecule has 0 unspecified atom stereocenters. The number of carbonyl (C=O) groups is 3. The van der Waals surface area contributed by atoms with Crippen molar-refractivity contribution >= 4 is 45.8 Å². The van der Waals surface area contributed by atoms with Crippen molar-refractivity contribution in [3.8, 4) is 0 Å². The lowest BCUT2D eigenvalue weighted by Crippen LogP contribution is -2.52. The molecule has 0 aliphatic carbocycles. The first-order valence-corrected chi connectivity index (χ1v) is 12.3. The van der Waals surface area contributed by atoms with Gasteiger partial charge in [0.1, 0.15) is 12.6 Å². The number of nitrogens with one attached hydrogen (secondary N) is 1. The molecule has 1 N–H and O–H groups in total. The van der Waals surface area contributed by atoms with Crippen LogP contribution in [0.15, 0.2) is 60.7 Å². The SMILES string of the molecule is CC[C@H](C(=O)NCC(C)C)N(Cc1ccccc1Cl)C(=O)CN1C(=O)c2cccc3cccc1c23. The molecule has 7 heteroatoms. The Morgan fingerprint density at radius 2 is 1.74 bits per heavy atom. The third-order valence-corrected chi connectivity index (χ3v) is 6.68. The standard InChI is InChI=1S/C28H30ClN3O3/c1-4-23(27(34)30-15-18(2)3)31(16-20-9-5-6-13-22(20)29)25(33)17-32-24-14-8-11-19-10-7-12-21(26(19)24)28(32)35/h5-14,18,23H,4,15-17H2,1-3H3,(H,30,34)/t23-/m1/s1. The molecule has 0 aromatic heterocycles. The fourth-order valence-electron chi connectivity index (χ4n) is 4.51. The van der Waals surface area contributed by atoms with Crippen molar-refractivity contribution < 1.29 is 14.4 Å². The average molecular weight is 492 g/mol. The second-order valence-corrected chi connectivity index (χ2v) is 9.66. The lowest BCUT2D eigenvalue weighted by Gasteiger charge is -2.32. The van der Waals surface area contributed by atoms with Gasteiger partial charge in [0.15, 0.2) is 0 Å². The van der Waals surface area contributed by atoms with Gasteiger partial charge in [-0.05, 0) is 41.5 Å². The lowest BCUT2D eigenvalue weighted by atomic mass is 10.1. The van der Waals surface area contributed by atoms with Crippen LogP contribution < -0.4 is 10.2 Å². The maximum atomic E-state index is 13.8. The number of carbonyl (C=O) groups excluding carboxylic acids is 3. The van der Waals surface area contributed by atoms with Crippen molar-refractivity contribution in [2.75, 3.05) is 18.0 Å². The molecule has 35 heavy (non-hydrogen) atoms. The third kappa shape index (κ3) is 5.03. The first-order valence-electron chi connectivity index (χ1n) is 12.0. The van der Waals surface area contributed by atoms with E-state index in [0.717, 1.165) is 16.3 Å². The molecule has 0 spiro atoms. The molecular weight excluding hydrogens is 462 g/mol. The summed E-state index contributed by atoms with van der Waals surface area (Å²) in [5.74, 6) is -0.445. The molecule has 1 atom stereocenters. The van der Waals surface area contributed by atoms with Crippen molar-refractivity contribution in [2.24, 2.45) is 5.92 Å². The van der Waals surface area contributed by atoms with Crippen LogP contribution in [0.25, 0.3) is 10.8 Å². The Morgan fingerprint density at radius 1 is 1.03 bits per heavy atom. The molecule has 6 nitrogen and oxygen atoms in total. The summed E-state index contributed by atoms with van der Waals surface area (Å²) in [5, 5.41) is 5.29. The van der Waals surface area contributed by atoms with Gasteiger partial charge in [-0.15, -0.1) is 0 Å². The Morgan fingerprint density at radius 3 is 2.43 bits per heavy atom. The molecule has 182 valence electrons. The van der Waals surface area contributed by atoms with Crippen LogP contribution in [-0.2, 0) is 16.1 Å². The fourth-order valence-corrected chi connectivity index (χ4v) is 4.71. The molecule has 3 amide bonds. The number of anilines is 1. The minimum atomic E-state index is -0.687. The van der Waals surface area contributed by atoms with Gasteiger partial charge < -0.3 is 10.2 Å². The molecule has 1 aliphatic heterocycles. The van der Waals surface area contributed by atoms with Crippen molar-refractivity contribution in [3.05, 3.63) is 76.8 Å². The Balaban J connectivity index is 1.65. The zero-order valence-corrected chi connectivity index (χ0v) is 21.0. The molecule has 3 aromatic rings. The van der Waals surface area contributed by atoms with E-state index in [1.165, 1.54) is 4.90 Å². The van der Waals surface area contributed by atoms with Gasteiger partial charge in [0.25, 0.3) is 5.91 Å². The number of benzene rings is 3. The van der Waals surface area contributed by atoms with Gasteiger partial charge in [0, 0.05) is 29.1 Å². The van der Waals surface area contributed by atoms with E-state index >= 15 is 0 Å². The van der Waals surface area contributed by atoms with Crippen LogP contribution in [0.1, 0.15) is 43.1 Å². The normalized spacial score (nSPS) is 13.4. The van der Waals surface area contributed by atoms with Gasteiger partial charge in [-0.25, -0.2) is 0 Å². The summed E-state index contributed by atoms with van der Waals surface area (Å²) in [6, 6.07) is 17.9. The topological polar surface area (TPSA) is 69.7 Å². The molecule has 4 rings (SSSR count). The molecule has 0 bridgehead atoms. The predicted molar refractivity (Wildman–Crippen MR) is 140 cm³/mol. The predicted octanol–water partition coefficient (Wildman–Crippen LogP) is 5.03. The Hall–Kier alpha value is -3.38. The van der Waals surface area contributed by atoms with E-state index in [4.69, 9.17) is 11.6 Å².